The molecule has 1 aromatic carbocycles. The Labute approximate surface area is 112 Å². The van der Waals surface area contributed by atoms with Crippen LogP contribution >= 0.6 is 11.6 Å². The number of piperidine rings is 1. The van der Waals surface area contributed by atoms with Crippen molar-refractivity contribution in [2.75, 3.05) is 13.1 Å². The Kier molecular flexibility index (Phi) is 4.60. The predicted molar refractivity (Wildman–Crippen MR) is 71.1 cm³/mol. The molecule has 100 valence electrons. The van der Waals surface area contributed by atoms with Crippen LogP contribution in [0.1, 0.15) is 25.3 Å². The van der Waals surface area contributed by atoms with Crippen molar-refractivity contribution in [3.63, 3.8) is 0 Å². The fourth-order valence-electron chi connectivity index (χ4n) is 2.50. The maximum absolute atomic E-state index is 13.8. The highest BCUT2D eigenvalue weighted by Crippen LogP contribution is 2.24. The minimum absolute atomic E-state index is 0.186. The number of aliphatic hydroxyl groups excluding tert-OH is 1. The molecule has 1 fully saturated rings. The molecule has 2 nitrogen and oxygen atoms in total. The zero-order valence-corrected chi connectivity index (χ0v) is 11.3. The SMILES string of the molecule is CC(O)C1CCN(Cc2cccc(Cl)c2F)CC1. The maximum atomic E-state index is 13.8. The normalized spacial score (nSPS) is 20.0. The Morgan fingerprint density at radius 1 is 1.44 bits per heavy atom. The molecule has 1 aromatic rings. The van der Waals surface area contributed by atoms with E-state index in [9.17, 15) is 9.50 Å². The summed E-state index contributed by atoms with van der Waals surface area (Å²) in [6, 6.07) is 5.13. The van der Waals surface area contributed by atoms with Crippen molar-refractivity contribution in [2.24, 2.45) is 5.92 Å². The second kappa shape index (κ2) is 6.00. The summed E-state index contributed by atoms with van der Waals surface area (Å²) in [7, 11) is 0. The molecule has 1 unspecified atom stereocenters. The molecule has 0 bridgehead atoms. The van der Waals surface area contributed by atoms with E-state index in [0.717, 1.165) is 25.9 Å². The van der Waals surface area contributed by atoms with Crippen LogP contribution < -0.4 is 0 Å². The Morgan fingerprint density at radius 2 is 2.11 bits per heavy atom. The Hall–Kier alpha value is -0.640. The lowest BCUT2D eigenvalue weighted by atomic mass is 9.92. The van der Waals surface area contributed by atoms with Gasteiger partial charge in [0, 0.05) is 12.1 Å². The molecule has 1 atom stereocenters. The van der Waals surface area contributed by atoms with Crippen molar-refractivity contribution >= 4 is 11.6 Å². The summed E-state index contributed by atoms with van der Waals surface area (Å²) >= 11 is 5.77. The third-order valence-corrected chi connectivity index (χ3v) is 4.03. The van der Waals surface area contributed by atoms with Gasteiger partial charge in [-0.2, -0.15) is 0 Å². The van der Waals surface area contributed by atoms with Gasteiger partial charge in [0.05, 0.1) is 11.1 Å². The molecule has 18 heavy (non-hydrogen) atoms. The lowest BCUT2D eigenvalue weighted by molar-refractivity contribution is 0.0692. The summed E-state index contributed by atoms with van der Waals surface area (Å²) in [5.74, 6) is 0.0716. The van der Waals surface area contributed by atoms with Gasteiger partial charge in [0.15, 0.2) is 0 Å². The standard InChI is InChI=1S/C14H19ClFNO/c1-10(18)11-5-7-17(8-6-11)9-12-3-2-4-13(15)14(12)16/h2-4,10-11,18H,5-9H2,1H3. The van der Waals surface area contributed by atoms with Crippen molar-refractivity contribution in [1.82, 2.24) is 4.90 Å². The number of rotatable bonds is 3. The molecule has 0 amide bonds. The summed E-state index contributed by atoms with van der Waals surface area (Å²) in [4.78, 5) is 2.22. The van der Waals surface area contributed by atoms with E-state index in [4.69, 9.17) is 11.6 Å². The van der Waals surface area contributed by atoms with Crippen molar-refractivity contribution in [3.05, 3.63) is 34.6 Å². The zero-order valence-electron chi connectivity index (χ0n) is 10.6. The smallest absolute Gasteiger partial charge is 0.146 e. The van der Waals surface area contributed by atoms with Gasteiger partial charge < -0.3 is 5.11 Å². The topological polar surface area (TPSA) is 23.5 Å². The fourth-order valence-corrected chi connectivity index (χ4v) is 2.70. The zero-order chi connectivity index (χ0) is 13.1. The molecule has 1 aliphatic heterocycles. The van der Waals surface area contributed by atoms with Crippen LogP contribution in [0.15, 0.2) is 18.2 Å². The van der Waals surface area contributed by atoms with E-state index in [2.05, 4.69) is 4.90 Å². The van der Waals surface area contributed by atoms with Gasteiger partial charge in [0.1, 0.15) is 5.82 Å². The van der Waals surface area contributed by atoms with Gasteiger partial charge in [-0.15, -0.1) is 0 Å². The van der Waals surface area contributed by atoms with Gasteiger partial charge in [-0.3, -0.25) is 4.90 Å². The van der Waals surface area contributed by atoms with E-state index >= 15 is 0 Å². The number of halogens is 2. The highest BCUT2D eigenvalue weighted by molar-refractivity contribution is 6.30. The average Bonchev–Trinajstić information content (AvgIpc) is 2.36. The summed E-state index contributed by atoms with van der Waals surface area (Å²) < 4.78 is 13.8. The van der Waals surface area contributed by atoms with E-state index in [1.165, 1.54) is 0 Å². The van der Waals surface area contributed by atoms with Crippen LogP contribution in [-0.4, -0.2) is 29.2 Å². The van der Waals surface area contributed by atoms with Crippen LogP contribution in [0.3, 0.4) is 0 Å². The first-order chi connectivity index (χ1) is 8.58. The molecular formula is C14H19ClFNO. The van der Waals surface area contributed by atoms with E-state index in [0.29, 0.717) is 18.0 Å². The molecule has 0 spiro atoms. The van der Waals surface area contributed by atoms with Gasteiger partial charge in [-0.05, 0) is 44.8 Å². The molecule has 1 N–H and O–H groups in total. The van der Waals surface area contributed by atoms with Gasteiger partial charge in [-0.1, -0.05) is 23.7 Å². The monoisotopic (exact) mass is 271 g/mol. The van der Waals surface area contributed by atoms with Crippen LogP contribution in [0.25, 0.3) is 0 Å². The van der Waals surface area contributed by atoms with Gasteiger partial charge in [0.25, 0.3) is 0 Å². The molecule has 4 heteroatoms. The highest BCUT2D eigenvalue weighted by atomic mass is 35.5. The van der Waals surface area contributed by atoms with E-state index in [1.54, 1.807) is 18.2 Å². The van der Waals surface area contributed by atoms with E-state index < -0.39 is 0 Å². The minimum Gasteiger partial charge on any atom is -0.393 e. The number of aliphatic hydroxyl groups is 1. The van der Waals surface area contributed by atoms with Gasteiger partial charge in [-0.25, -0.2) is 4.39 Å². The number of nitrogens with zero attached hydrogens (tertiary/aromatic N) is 1. The largest absolute Gasteiger partial charge is 0.393 e. The van der Waals surface area contributed by atoms with Crippen molar-refractivity contribution in [3.8, 4) is 0 Å². The summed E-state index contributed by atoms with van der Waals surface area (Å²) in [6.07, 6.45) is 1.70. The number of hydrogen-bond acceptors (Lipinski definition) is 2. The minimum atomic E-state index is -0.309. The summed E-state index contributed by atoms with van der Waals surface area (Å²) in [6.45, 7) is 4.25. The first-order valence-corrected chi connectivity index (χ1v) is 6.79. The number of likely N-dealkylation sites (tertiary alicyclic amines) is 1. The quantitative estimate of drug-likeness (QED) is 0.913. The maximum Gasteiger partial charge on any atom is 0.146 e. The predicted octanol–water partition coefficient (Wildman–Crippen LogP) is 3.07. The molecule has 1 aliphatic rings. The highest BCUT2D eigenvalue weighted by Gasteiger charge is 2.23. The summed E-state index contributed by atoms with van der Waals surface area (Å²) in [5, 5.41) is 9.72. The van der Waals surface area contributed by atoms with Crippen molar-refractivity contribution in [1.29, 1.82) is 0 Å². The third-order valence-electron chi connectivity index (χ3n) is 3.74. The molecule has 0 aromatic heterocycles. The van der Waals surface area contributed by atoms with Crippen LogP contribution in [0.2, 0.25) is 5.02 Å². The van der Waals surface area contributed by atoms with Crippen molar-refractivity contribution in [2.45, 2.75) is 32.4 Å². The third kappa shape index (κ3) is 3.22. The van der Waals surface area contributed by atoms with Crippen LogP contribution in [-0.2, 0) is 6.54 Å². The molecule has 0 aliphatic carbocycles. The van der Waals surface area contributed by atoms with Crippen LogP contribution in [0, 0.1) is 11.7 Å². The second-order valence-corrected chi connectivity index (χ2v) is 5.47. The molecule has 0 radical (unpaired) electrons. The lowest BCUT2D eigenvalue weighted by Crippen LogP contribution is -2.36. The van der Waals surface area contributed by atoms with Crippen LogP contribution in [0.4, 0.5) is 4.39 Å². The second-order valence-electron chi connectivity index (χ2n) is 5.07. The van der Waals surface area contributed by atoms with E-state index in [1.807, 2.05) is 6.92 Å². The summed E-state index contributed by atoms with van der Waals surface area (Å²) in [5.41, 5.74) is 0.651. The molecule has 1 saturated heterocycles. The van der Waals surface area contributed by atoms with Gasteiger partial charge in [0.2, 0.25) is 0 Å². The van der Waals surface area contributed by atoms with E-state index in [-0.39, 0.29) is 16.9 Å². The molecular weight excluding hydrogens is 253 g/mol. The lowest BCUT2D eigenvalue weighted by Gasteiger charge is -2.33. The fraction of sp³-hybridized carbons (Fsp3) is 0.571. The average molecular weight is 272 g/mol. The molecule has 1 heterocycles. The molecule has 0 saturated carbocycles. The Bertz CT molecular complexity index is 403. The number of hydrogen-bond donors (Lipinski definition) is 1. The Morgan fingerprint density at radius 3 is 2.72 bits per heavy atom. The first-order valence-electron chi connectivity index (χ1n) is 6.41. The first kappa shape index (κ1) is 13.8. The molecule has 2 rings (SSSR count). The van der Waals surface area contributed by atoms with Crippen molar-refractivity contribution < 1.29 is 9.50 Å². The van der Waals surface area contributed by atoms with Gasteiger partial charge >= 0.3 is 0 Å². The number of benzene rings is 1. The van der Waals surface area contributed by atoms with Crippen LogP contribution in [0.5, 0.6) is 0 Å². The Balaban J connectivity index is 1.94.